The number of aliphatic imine (C=N–C) groups is 1. The summed E-state index contributed by atoms with van der Waals surface area (Å²) in [5.74, 6) is 1.11. The van der Waals surface area contributed by atoms with Crippen LogP contribution in [0.2, 0.25) is 0 Å². The molecule has 4 nitrogen and oxygen atoms in total. The summed E-state index contributed by atoms with van der Waals surface area (Å²) >= 11 is 0. The van der Waals surface area contributed by atoms with Crippen LogP contribution in [-0.4, -0.2) is 29.8 Å². The predicted octanol–water partition coefficient (Wildman–Crippen LogP) is 0.214. The summed E-state index contributed by atoms with van der Waals surface area (Å²) in [6.07, 6.45) is 5.24. The average molecular weight is 197 g/mol. The van der Waals surface area contributed by atoms with Gasteiger partial charge in [-0.1, -0.05) is 0 Å². The molecule has 0 heterocycles. The molecule has 0 aromatic heterocycles. The van der Waals surface area contributed by atoms with Crippen LogP contribution in [0, 0.1) is 5.92 Å². The summed E-state index contributed by atoms with van der Waals surface area (Å²) in [7, 11) is 0. The smallest absolute Gasteiger partial charge is 0.188 e. The molecule has 4 heteroatoms. The van der Waals surface area contributed by atoms with Gasteiger partial charge >= 0.3 is 0 Å². The molecule has 80 valence electrons. The highest BCUT2D eigenvalue weighted by molar-refractivity contribution is 5.78. The second-order valence-corrected chi connectivity index (χ2v) is 4.48. The van der Waals surface area contributed by atoms with Gasteiger partial charge in [-0.25, -0.2) is 0 Å². The molecule has 14 heavy (non-hydrogen) atoms. The average Bonchev–Trinajstić information content (AvgIpc) is 2.85. The minimum atomic E-state index is -0.104. The molecule has 4 N–H and O–H groups in total. The number of rotatable bonds is 3. The number of guanidine groups is 1. The first-order chi connectivity index (χ1) is 6.74. The molecule has 0 spiro atoms. The Hall–Kier alpha value is -0.770. The van der Waals surface area contributed by atoms with Crippen LogP contribution in [-0.2, 0) is 0 Å². The summed E-state index contributed by atoms with van der Waals surface area (Å²) in [6.45, 7) is 0.766. The van der Waals surface area contributed by atoms with E-state index in [0.29, 0.717) is 17.9 Å². The molecule has 0 saturated heterocycles. The monoisotopic (exact) mass is 197 g/mol. The molecule has 0 amide bonds. The van der Waals surface area contributed by atoms with E-state index < -0.39 is 0 Å². The van der Waals surface area contributed by atoms with Crippen LogP contribution in [0.1, 0.15) is 32.1 Å². The van der Waals surface area contributed by atoms with E-state index in [9.17, 15) is 5.11 Å². The van der Waals surface area contributed by atoms with Crippen molar-refractivity contribution in [1.29, 1.82) is 0 Å². The highest BCUT2D eigenvalue weighted by atomic mass is 16.3. The highest BCUT2D eigenvalue weighted by Gasteiger charge is 2.23. The summed E-state index contributed by atoms with van der Waals surface area (Å²) in [4.78, 5) is 4.29. The van der Waals surface area contributed by atoms with Crippen LogP contribution in [0.5, 0.6) is 0 Å². The van der Waals surface area contributed by atoms with Crippen molar-refractivity contribution in [3.8, 4) is 0 Å². The van der Waals surface area contributed by atoms with E-state index in [4.69, 9.17) is 5.73 Å². The topological polar surface area (TPSA) is 70.6 Å². The van der Waals surface area contributed by atoms with Crippen LogP contribution in [0.4, 0.5) is 0 Å². The fourth-order valence-electron chi connectivity index (χ4n) is 1.92. The standard InChI is InChI=1S/C10H19N3O/c11-10(13-8-2-3-8)12-6-7-1-4-9(14)5-7/h7-9,14H,1-6H2,(H3,11,12,13). The molecule has 0 radical (unpaired) electrons. The quantitative estimate of drug-likeness (QED) is 0.447. The Kier molecular flexibility index (Phi) is 2.91. The van der Waals surface area contributed by atoms with Crippen molar-refractivity contribution in [3.63, 3.8) is 0 Å². The van der Waals surface area contributed by atoms with Gasteiger partial charge in [0.05, 0.1) is 6.10 Å². The number of hydrogen-bond acceptors (Lipinski definition) is 2. The first-order valence-corrected chi connectivity index (χ1v) is 5.48. The fourth-order valence-corrected chi connectivity index (χ4v) is 1.92. The number of aliphatic hydroxyl groups excluding tert-OH is 1. The zero-order chi connectivity index (χ0) is 9.97. The molecule has 2 rings (SSSR count). The van der Waals surface area contributed by atoms with Gasteiger partial charge in [0.1, 0.15) is 0 Å². The SMILES string of the molecule is NC(=NCC1CCC(O)C1)NC1CC1. The van der Waals surface area contributed by atoms with E-state index in [-0.39, 0.29) is 6.10 Å². The molecule has 0 bridgehead atoms. The largest absolute Gasteiger partial charge is 0.393 e. The van der Waals surface area contributed by atoms with Gasteiger partial charge in [0.15, 0.2) is 5.96 Å². The number of aliphatic hydroxyl groups is 1. The molecular formula is C10H19N3O. The van der Waals surface area contributed by atoms with Gasteiger partial charge in [0, 0.05) is 12.6 Å². The van der Waals surface area contributed by atoms with Crippen LogP contribution in [0.25, 0.3) is 0 Å². The Bertz CT molecular complexity index is 225. The van der Waals surface area contributed by atoms with Gasteiger partial charge in [0.2, 0.25) is 0 Å². The van der Waals surface area contributed by atoms with Crippen LogP contribution in [0.3, 0.4) is 0 Å². The van der Waals surface area contributed by atoms with Crippen molar-refractivity contribution in [2.75, 3.05) is 6.54 Å². The van der Waals surface area contributed by atoms with Crippen molar-refractivity contribution in [2.45, 2.75) is 44.2 Å². The highest BCUT2D eigenvalue weighted by Crippen LogP contribution is 2.25. The second-order valence-electron chi connectivity index (χ2n) is 4.48. The van der Waals surface area contributed by atoms with E-state index in [2.05, 4.69) is 10.3 Å². The van der Waals surface area contributed by atoms with E-state index in [1.165, 1.54) is 12.8 Å². The summed E-state index contributed by atoms with van der Waals surface area (Å²) in [5.41, 5.74) is 5.70. The van der Waals surface area contributed by atoms with Crippen molar-refractivity contribution in [2.24, 2.45) is 16.6 Å². The molecule has 0 aromatic carbocycles. The lowest BCUT2D eigenvalue weighted by Gasteiger charge is -2.07. The van der Waals surface area contributed by atoms with Crippen molar-refractivity contribution < 1.29 is 5.11 Å². The number of hydrogen-bond donors (Lipinski definition) is 3. The van der Waals surface area contributed by atoms with Gasteiger partial charge in [-0.05, 0) is 38.0 Å². The molecule has 2 saturated carbocycles. The van der Waals surface area contributed by atoms with Crippen LogP contribution >= 0.6 is 0 Å². The van der Waals surface area contributed by atoms with Gasteiger partial charge in [0.25, 0.3) is 0 Å². The van der Waals surface area contributed by atoms with Gasteiger partial charge in [-0.15, -0.1) is 0 Å². The first-order valence-electron chi connectivity index (χ1n) is 5.48. The lowest BCUT2D eigenvalue weighted by atomic mass is 10.1. The summed E-state index contributed by atoms with van der Waals surface area (Å²) in [5, 5.41) is 12.5. The second kappa shape index (κ2) is 4.17. The maximum Gasteiger partial charge on any atom is 0.188 e. The number of nitrogens with one attached hydrogen (secondary N) is 1. The van der Waals surface area contributed by atoms with Gasteiger partial charge < -0.3 is 16.2 Å². The summed E-state index contributed by atoms with van der Waals surface area (Å²) in [6, 6.07) is 0.577. The van der Waals surface area contributed by atoms with Crippen molar-refractivity contribution >= 4 is 5.96 Å². The normalized spacial score (nSPS) is 33.4. The van der Waals surface area contributed by atoms with Crippen LogP contribution < -0.4 is 11.1 Å². The molecule has 2 unspecified atom stereocenters. The minimum absolute atomic E-state index is 0.104. The lowest BCUT2D eigenvalue weighted by Crippen LogP contribution is -2.33. The zero-order valence-electron chi connectivity index (χ0n) is 8.45. The third kappa shape index (κ3) is 2.87. The Morgan fingerprint density at radius 3 is 2.71 bits per heavy atom. The molecule has 2 atom stereocenters. The van der Waals surface area contributed by atoms with E-state index in [1.807, 2.05) is 0 Å². The molecule has 2 aliphatic carbocycles. The Labute approximate surface area is 84.6 Å². The van der Waals surface area contributed by atoms with Gasteiger partial charge in [-0.2, -0.15) is 0 Å². The van der Waals surface area contributed by atoms with Crippen LogP contribution in [0.15, 0.2) is 4.99 Å². The zero-order valence-corrected chi connectivity index (χ0v) is 8.45. The first kappa shape index (κ1) is 9.77. The van der Waals surface area contributed by atoms with E-state index >= 15 is 0 Å². The van der Waals surface area contributed by atoms with E-state index in [1.54, 1.807) is 0 Å². The molecule has 0 aromatic rings. The fraction of sp³-hybridized carbons (Fsp3) is 0.900. The maximum atomic E-state index is 9.32. The summed E-state index contributed by atoms with van der Waals surface area (Å²) < 4.78 is 0. The molecule has 2 fully saturated rings. The molecule has 2 aliphatic rings. The molecule has 0 aliphatic heterocycles. The number of nitrogens with zero attached hydrogens (tertiary/aromatic N) is 1. The van der Waals surface area contributed by atoms with Crippen molar-refractivity contribution in [3.05, 3.63) is 0 Å². The number of nitrogens with two attached hydrogens (primary N) is 1. The van der Waals surface area contributed by atoms with Gasteiger partial charge in [-0.3, -0.25) is 4.99 Å². The maximum absolute atomic E-state index is 9.32. The minimum Gasteiger partial charge on any atom is -0.393 e. The Morgan fingerprint density at radius 1 is 1.36 bits per heavy atom. The Balaban J connectivity index is 1.68. The predicted molar refractivity (Wildman–Crippen MR) is 56.0 cm³/mol. The van der Waals surface area contributed by atoms with Crippen molar-refractivity contribution in [1.82, 2.24) is 5.32 Å². The molecular weight excluding hydrogens is 178 g/mol. The third-order valence-electron chi connectivity index (χ3n) is 2.96. The Morgan fingerprint density at radius 2 is 2.14 bits per heavy atom. The third-order valence-corrected chi connectivity index (χ3v) is 2.96. The van der Waals surface area contributed by atoms with E-state index in [0.717, 1.165) is 25.8 Å². The lowest BCUT2D eigenvalue weighted by molar-refractivity contribution is 0.178.